The number of rotatable bonds is 6. The van der Waals surface area contributed by atoms with Gasteiger partial charge in [0.25, 0.3) is 0 Å². The van der Waals surface area contributed by atoms with Crippen LogP contribution in [0.1, 0.15) is 43.4 Å². The van der Waals surface area contributed by atoms with Crippen molar-refractivity contribution in [2.24, 2.45) is 0 Å². The molecule has 1 aromatic rings. The molecular weight excluding hydrogens is 258 g/mol. The average molecular weight is 281 g/mol. The summed E-state index contributed by atoms with van der Waals surface area (Å²) in [5, 5.41) is 5.40. The molecule has 1 fully saturated rings. The average Bonchev–Trinajstić information content (AvgIpc) is 2.93. The molecule has 3 nitrogen and oxygen atoms in total. The molecule has 19 heavy (non-hydrogen) atoms. The van der Waals surface area contributed by atoms with E-state index in [1.54, 1.807) is 11.3 Å². The van der Waals surface area contributed by atoms with E-state index in [0.29, 0.717) is 13.0 Å². The van der Waals surface area contributed by atoms with Crippen molar-refractivity contribution in [3.05, 3.63) is 22.4 Å². The topological polar surface area (TPSA) is 38.3 Å². The lowest BCUT2D eigenvalue weighted by Crippen LogP contribution is -2.46. The number of carbonyl (C=O) groups is 1. The zero-order valence-corrected chi connectivity index (χ0v) is 12.4. The van der Waals surface area contributed by atoms with Crippen LogP contribution in [0.5, 0.6) is 0 Å². The fraction of sp³-hybridized carbons (Fsp3) is 0.667. The van der Waals surface area contributed by atoms with Gasteiger partial charge < -0.3 is 10.1 Å². The largest absolute Gasteiger partial charge is 0.465 e. The predicted octanol–water partition coefficient (Wildman–Crippen LogP) is 3.15. The molecule has 0 spiro atoms. The first-order valence-electron chi connectivity index (χ1n) is 7.11. The second-order valence-electron chi connectivity index (χ2n) is 5.32. The van der Waals surface area contributed by atoms with Gasteiger partial charge in [0.05, 0.1) is 13.0 Å². The SMILES string of the molecule is CNC1(CC(=O)OCCc2cccs2)CCCCC1. The summed E-state index contributed by atoms with van der Waals surface area (Å²) < 4.78 is 5.37. The summed E-state index contributed by atoms with van der Waals surface area (Å²) in [6.45, 7) is 0.499. The van der Waals surface area contributed by atoms with Crippen molar-refractivity contribution < 1.29 is 9.53 Å². The fourth-order valence-corrected chi connectivity index (χ4v) is 3.48. The van der Waals surface area contributed by atoms with Gasteiger partial charge in [-0.2, -0.15) is 0 Å². The zero-order chi connectivity index (χ0) is 13.6. The normalized spacial score (nSPS) is 18.2. The van der Waals surface area contributed by atoms with Crippen molar-refractivity contribution in [2.45, 2.75) is 50.5 Å². The van der Waals surface area contributed by atoms with Crippen LogP contribution in [0.2, 0.25) is 0 Å². The Kier molecular flexibility index (Phi) is 5.40. The number of esters is 1. The summed E-state index contributed by atoms with van der Waals surface area (Å²) in [6.07, 6.45) is 7.22. The Balaban J connectivity index is 1.73. The third kappa shape index (κ3) is 4.32. The van der Waals surface area contributed by atoms with E-state index in [2.05, 4.69) is 16.8 Å². The van der Waals surface area contributed by atoms with E-state index in [1.165, 1.54) is 24.1 Å². The van der Waals surface area contributed by atoms with Crippen LogP contribution in [-0.4, -0.2) is 25.2 Å². The molecule has 0 amide bonds. The quantitative estimate of drug-likeness (QED) is 0.814. The first-order valence-corrected chi connectivity index (χ1v) is 7.99. The van der Waals surface area contributed by atoms with Gasteiger partial charge in [-0.05, 0) is 31.3 Å². The molecule has 1 N–H and O–H groups in total. The van der Waals surface area contributed by atoms with Crippen molar-refractivity contribution in [3.8, 4) is 0 Å². The van der Waals surface area contributed by atoms with Gasteiger partial charge in [0, 0.05) is 16.8 Å². The molecule has 106 valence electrons. The van der Waals surface area contributed by atoms with Crippen molar-refractivity contribution in [1.82, 2.24) is 5.32 Å². The second kappa shape index (κ2) is 7.06. The maximum Gasteiger partial charge on any atom is 0.307 e. The molecule has 0 saturated heterocycles. The Morgan fingerprint density at radius 1 is 1.42 bits per heavy atom. The maximum atomic E-state index is 11.9. The fourth-order valence-electron chi connectivity index (χ4n) is 2.79. The molecule has 1 heterocycles. The van der Waals surface area contributed by atoms with Gasteiger partial charge in [0.1, 0.15) is 0 Å². The van der Waals surface area contributed by atoms with Crippen molar-refractivity contribution in [1.29, 1.82) is 0 Å². The van der Waals surface area contributed by atoms with Crippen LogP contribution in [-0.2, 0) is 16.0 Å². The number of ether oxygens (including phenoxy) is 1. The van der Waals surface area contributed by atoms with E-state index in [-0.39, 0.29) is 11.5 Å². The molecule has 1 aliphatic rings. The summed E-state index contributed by atoms with van der Waals surface area (Å²) >= 11 is 1.71. The first kappa shape index (κ1) is 14.5. The molecule has 1 aromatic heterocycles. The van der Waals surface area contributed by atoms with Crippen LogP contribution >= 0.6 is 11.3 Å². The lowest BCUT2D eigenvalue weighted by atomic mass is 9.79. The lowest BCUT2D eigenvalue weighted by molar-refractivity contribution is -0.145. The van der Waals surface area contributed by atoms with E-state index in [1.807, 2.05) is 13.1 Å². The van der Waals surface area contributed by atoms with E-state index < -0.39 is 0 Å². The number of nitrogens with one attached hydrogen (secondary N) is 1. The minimum absolute atomic E-state index is 0.0156. The summed E-state index contributed by atoms with van der Waals surface area (Å²) in [5.74, 6) is -0.0622. The number of thiophene rings is 1. The minimum Gasteiger partial charge on any atom is -0.465 e. The van der Waals surface area contributed by atoms with Crippen LogP contribution in [0.25, 0.3) is 0 Å². The molecule has 1 aliphatic carbocycles. The minimum atomic E-state index is -0.0622. The van der Waals surface area contributed by atoms with Crippen LogP contribution in [0, 0.1) is 0 Å². The summed E-state index contributed by atoms with van der Waals surface area (Å²) in [4.78, 5) is 13.2. The lowest BCUT2D eigenvalue weighted by Gasteiger charge is -2.36. The molecule has 0 aliphatic heterocycles. The maximum absolute atomic E-state index is 11.9. The van der Waals surface area contributed by atoms with Gasteiger partial charge in [-0.15, -0.1) is 11.3 Å². The van der Waals surface area contributed by atoms with Crippen molar-refractivity contribution >= 4 is 17.3 Å². The highest BCUT2D eigenvalue weighted by atomic mass is 32.1. The Labute approximate surface area is 119 Å². The van der Waals surface area contributed by atoms with Gasteiger partial charge in [0.2, 0.25) is 0 Å². The summed E-state index contributed by atoms with van der Waals surface area (Å²) in [5.41, 5.74) is -0.0156. The van der Waals surface area contributed by atoms with Crippen LogP contribution in [0.4, 0.5) is 0 Å². The highest BCUT2D eigenvalue weighted by molar-refractivity contribution is 7.09. The monoisotopic (exact) mass is 281 g/mol. The van der Waals surface area contributed by atoms with E-state index in [9.17, 15) is 4.79 Å². The highest BCUT2D eigenvalue weighted by Gasteiger charge is 2.33. The van der Waals surface area contributed by atoms with Gasteiger partial charge >= 0.3 is 5.97 Å². The number of hydrogen-bond acceptors (Lipinski definition) is 4. The van der Waals surface area contributed by atoms with Crippen molar-refractivity contribution in [3.63, 3.8) is 0 Å². The smallest absolute Gasteiger partial charge is 0.307 e. The van der Waals surface area contributed by atoms with E-state index >= 15 is 0 Å². The van der Waals surface area contributed by atoms with E-state index in [4.69, 9.17) is 4.74 Å². The van der Waals surface area contributed by atoms with Crippen molar-refractivity contribution in [2.75, 3.05) is 13.7 Å². The molecular formula is C15H23NO2S. The molecule has 0 unspecified atom stereocenters. The highest BCUT2D eigenvalue weighted by Crippen LogP contribution is 2.30. The third-order valence-electron chi connectivity index (χ3n) is 4.02. The summed E-state index contributed by atoms with van der Waals surface area (Å²) in [7, 11) is 1.96. The standard InChI is InChI=1S/C15H23NO2S/c1-16-15(8-3-2-4-9-15)12-14(17)18-10-7-13-6-5-11-19-13/h5-6,11,16H,2-4,7-10,12H2,1H3. The Morgan fingerprint density at radius 2 is 2.21 bits per heavy atom. The Morgan fingerprint density at radius 3 is 2.84 bits per heavy atom. The van der Waals surface area contributed by atoms with Crippen LogP contribution in [0.3, 0.4) is 0 Å². The molecule has 2 rings (SSSR count). The molecule has 0 bridgehead atoms. The molecule has 4 heteroatoms. The molecule has 0 atom stereocenters. The molecule has 1 saturated carbocycles. The Hall–Kier alpha value is -0.870. The zero-order valence-electron chi connectivity index (χ0n) is 11.6. The van der Waals surface area contributed by atoms with E-state index in [0.717, 1.165) is 19.3 Å². The summed E-state index contributed by atoms with van der Waals surface area (Å²) in [6, 6.07) is 4.11. The van der Waals surface area contributed by atoms with Gasteiger partial charge in [0.15, 0.2) is 0 Å². The Bertz CT molecular complexity index is 383. The molecule has 0 radical (unpaired) electrons. The first-order chi connectivity index (χ1) is 9.24. The van der Waals surface area contributed by atoms with Gasteiger partial charge in [-0.3, -0.25) is 4.79 Å². The van der Waals surface area contributed by atoms with Gasteiger partial charge in [-0.25, -0.2) is 0 Å². The predicted molar refractivity (Wildman–Crippen MR) is 78.5 cm³/mol. The number of carbonyl (C=O) groups excluding carboxylic acids is 1. The van der Waals surface area contributed by atoms with Crippen LogP contribution < -0.4 is 5.32 Å². The third-order valence-corrected chi connectivity index (χ3v) is 4.95. The van der Waals surface area contributed by atoms with Crippen LogP contribution in [0.15, 0.2) is 17.5 Å². The number of hydrogen-bond donors (Lipinski definition) is 1. The second-order valence-corrected chi connectivity index (χ2v) is 6.35. The van der Waals surface area contributed by atoms with Gasteiger partial charge in [-0.1, -0.05) is 25.3 Å². The molecule has 0 aromatic carbocycles.